The van der Waals surface area contributed by atoms with Crippen LogP contribution in [0.1, 0.15) is 37.0 Å². The van der Waals surface area contributed by atoms with Crippen LogP contribution in [-0.2, 0) is 12.8 Å². The summed E-state index contributed by atoms with van der Waals surface area (Å²) in [7, 11) is 0. The highest BCUT2D eigenvalue weighted by Crippen LogP contribution is 2.40. The highest BCUT2D eigenvalue weighted by Gasteiger charge is 2.32. The second-order valence-corrected chi connectivity index (χ2v) is 5.15. The van der Waals surface area contributed by atoms with Crippen molar-refractivity contribution in [2.24, 2.45) is 5.41 Å². The lowest BCUT2D eigenvalue weighted by Crippen LogP contribution is -2.15. The molecule has 0 radical (unpaired) electrons. The van der Waals surface area contributed by atoms with Crippen molar-refractivity contribution in [3.63, 3.8) is 0 Å². The second-order valence-electron chi connectivity index (χ2n) is 5.15. The van der Waals surface area contributed by atoms with Crippen molar-refractivity contribution < 1.29 is 0 Å². The van der Waals surface area contributed by atoms with Crippen LogP contribution in [-0.4, -0.2) is 0 Å². The monoisotopic (exact) mass is 200 g/mol. The molecular weight excluding hydrogens is 180 g/mol. The maximum atomic E-state index is 2.41. The first kappa shape index (κ1) is 10.5. The fourth-order valence-electron chi connectivity index (χ4n) is 2.68. The smallest absolute Gasteiger partial charge is 0.0210 e. The minimum Gasteiger partial charge on any atom is -0.0916 e. The van der Waals surface area contributed by atoms with E-state index in [9.17, 15) is 0 Å². The summed E-state index contributed by atoms with van der Waals surface area (Å²) in [5.74, 6) is 0. The van der Waals surface area contributed by atoms with Gasteiger partial charge < -0.3 is 0 Å². The summed E-state index contributed by atoms with van der Waals surface area (Å²) in [4.78, 5) is 0. The van der Waals surface area contributed by atoms with Crippen LogP contribution in [0.2, 0.25) is 0 Å². The standard InChI is InChI=1S/C15H20/c1-4-5-9-15(3)10-13-8-6-7-12(2)14(13)11-15/h4-8H,9-11H2,1-3H3/b5-4+. The zero-order valence-electron chi connectivity index (χ0n) is 10.0. The molecule has 0 nitrogen and oxygen atoms in total. The third kappa shape index (κ3) is 1.99. The molecule has 80 valence electrons. The van der Waals surface area contributed by atoms with Crippen LogP contribution in [0.25, 0.3) is 0 Å². The molecular formula is C15H20. The van der Waals surface area contributed by atoms with Crippen LogP contribution in [0.5, 0.6) is 0 Å². The molecule has 0 bridgehead atoms. The normalized spacial score (nSPS) is 24.7. The number of hydrogen-bond donors (Lipinski definition) is 0. The van der Waals surface area contributed by atoms with Crippen molar-refractivity contribution in [1.29, 1.82) is 0 Å². The van der Waals surface area contributed by atoms with Gasteiger partial charge in [-0.1, -0.05) is 37.3 Å². The van der Waals surface area contributed by atoms with E-state index in [0.717, 1.165) is 0 Å². The second kappa shape index (κ2) is 3.84. The molecule has 0 saturated heterocycles. The van der Waals surface area contributed by atoms with E-state index in [4.69, 9.17) is 0 Å². The van der Waals surface area contributed by atoms with Crippen molar-refractivity contribution in [3.05, 3.63) is 47.0 Å². The number of rotatable bonds is 2. The van der Waals surface area contributed by atoms with Gasteiger partial charge in [-0.25, -0.2) is 0 Å². The Bertz CT molecular complexity index is 387. The summed E-state index contributed by atoms with van der Waals surface area (Å²) in [6.45, 7) is 6.75. The molecule has 0 heteroatoms. The molecule has 2 rings (SSSR count). The Morgan fingerprint density at radius 2 is 2.13 bits per heavy atom. The lowest BCUT2D eigenvalue weighted by molar-refractivity contribution is 0.351. The maximum Gasteiger partial charge on any atom is -0.0210 e. The Labute approximate surface area is 93.0 Å². The van der Waals surface area contributed by atoms with Gasteiger partial charge in [0, 0.05) is 0 Å². The van der Waals surface area contributed by atoms with Gasteiger partial charge >= 0.3 is 0 Å². The van der Waals surface area contributed by atoms with Gasteiger partial charge in [-0.05, 0) is 55.2 Å². The molecule has 0 spiro atoms. The number of benzene rings is 1. The van der Waals surface area contributed by atoms with Crippen molar-refractivity contribution in [3.8, 4) is 0 Å². The van der Waals surface area contributed by atoms with Crippen molar-refractivity contribution in [2.45, 2.75) is 40.0 Å². The molecule has 0 saturated carbocycles. The number of hydrogen-bond acceptors (Lipinski definition) is 0. The molecule has 0 aromatic heterocycles. The van der Waals surface area contributed by atoms with E-state index in [1.54, 1.807) is 11.1 Å². The fraction of sp³-hybridized carbons (Fsp3) is 0.467. The molecule has 15 heavy (non-hydrogen) atoms. The summed E-state index contributed by atoms with van der Waals surface area (Å²) in [6, 6.07) is 6.72. The third-order valence-corrected chi connectivity index (χ3v) is 3.57. The van der Waals surface area contributed by atoms with Crippen molar-refractivity contribution in [1.82, 2.24) is 0 Å². The van der Waals surface area contributed by atoms with Crippen LogP contribution in [0, 0.1) is 12.3 Å². The van der Waals surface area contributed by atoms with Crippen LogP contribution >= 0.6 is 0 Å². The van der Waals surface area contributed by atoms with Gasteiger partial charge in [0.25, 0.3) is 0 Å². The zero-order valence-corrected chi connectivity index (χ0v) is 10.0. The number of fused-ring (bicyclic) bond motifs is 1. The van der Waals surface area contributed by atoms with Crippen molar-refractivity contribution in [2.75, 3.05) is 0 Å². The SMILES string of the molecule is C/C=C/CC1(C)Cc2cccc(C)c2C1. The lowest BCUT2D eigenvalue weighted by Gasteiger charge is -2.21. The van der Waals surface area contributed by atoms with Crippen LogP contribution in [0.15, 0.2) is 30.4 Å². The molecule has 0 heterocycles. The van der Waals surface area contributed by atoms with E-state index >= 15 is 0 Å². The summed E-state index contributed by atoms with van der Waals surface area (Å²) in [5, 5.41) is 0. The summed E-state index contributed by atoms with van der Waals surface area (Å²) in [6.07, 6.45) is 8.17. The van der Waals surface area contributed by atoms with E-state index in [2.05, 4.69) is 51.1 Å². The van der Waals surface area contributed by atoms with E-state index in [1.165, 1.54) is 24.8 Å². The molecule has 0 amide bonds. The average molecular weight is 200 g/mol. The molecule has 0 N–H and O–H groups in total. The Morgan fingerprint density at radius 3 is 2.80 bits per heavy atom. The Morgan fingerprint density at radius 1 is 1.33 bits per heavy atom. The van der Waals surface area contributed by atoms with E-state index < -0.39 is 0 Å². The topological polar surface area (TPSA) is 0 Å². The number of aryl methyl sites for hydroxylation is 1. The third-order valence-electron chi connectivity index (χ3n) is 3.57. The van der Waals surface area contributed by atoms with Gasteiger partial charge in [-0.2, -0.15) is 0 Å². The van der Waals surface area contributed by atoms with Gasteiger partial charge in [-0.3, -0.25) is 0 Å². The Balaban J connectivity index is 2.25. The summed E-state index contributed by atoms with van der Waals surface area (Å²) in [5.41, 5.74) is 5.10. The molecule has 0 fully saturated rings. The van der Waals surface area contributed by atoms with E-state index in [0.29, 0.717) is 5.41 Å². The predicted octanol–water partition coefficient (Wildman–Crippen LogP) is 4.07. The average Bonchev–Trinajstić information content (AvgIpc) is 2.54. The first-order valence-electron chi connectivity index (χ1n) is 5.83. The molecule has 1 aromatic rings. The van der Waals surface area contributed by atoms with Gasteiger partial charge in [0.1, 0.15) is 0 Å². The Kier molecular flexibility index (Phi) is 2.68. The summed E-state index contributed by atoms with van der Waals surface area (Å²) >= 11 is 0. The lowest BCUT2D eigenvalue weighted by atomic mass is 9.83. The van der Waals surface area contributed by atoms with Gasteiger partial charge in [-0.15, -0.1) is 0 Å². The van der Waals surface area contributed by atoms with Crippen LogP contribution in [0.4, 0.5) is 0 Å². The highest BCUT2D eigenvalue weighted by atomic mass is 14.4. The quantitative estimate of drug-likeness (QED) is 0.631. The first-order chi connectivity index (χ1) is 7.14. The maximum absolute atomic E-state index is 2.41. The van der Waals surface area contributed by atoms with Gasteiger partial charge in [0.05, 0.1) is 0 Å². The Hall–Kier alpha value is -1.04. The minimum absolute atomic E-state index is 0.459. The fourth-order valence-corrected chi connectivity index (χ4v) is 2.68. The molecule has 1 aliphatic carbocycles. The highest BCUT2D eigenvalue weighted by molar-refractivity contribution is 5.40. The van der Waals surface area contributed by atoms with Crippen LogP contribution in [0.3, 0.4) is 0 Å². The summed E-state index contributed by atoms with van der Waals surface area (Å²) < 4.78 is 0. The van der Waals surface area contributed by atoms with E-state index in [1.807, 2.05) is 0 Å². The van der Waals surface area contributed by atoms with Crippen LogP contribution < -0.4 is 0 Å². The largest absolute Gasteiger partial charge is 0.0916 e. The first-order valence-corrected chi connectivity index (χ1v) is 5.83. The van der Waals surface area contributed by atoms with Gasteiger partial charge in [0.15, 0.2) is 0 Å². The molecule has 0 aliphatic heterocycles. The molecule has 1 aliphatic rings. The molecule has 1 unspecified atom stereocenters. The number of allylic oxidation sites excluding steroid dienone is 2. The van der Waals surface area contributed by atoms with E-state index in [-0.39, 0.29) is 0 Å². The minimum atomic E-state index is 0.459. The van der Waals surface area contributed by atoms with Crippen molar-refractivity contribution >= 4 is 0 Å². The zero-order chi connectivity index (χ0) is 10.9. The molecule has 1 aromatic carbocycles. The molecule has 1 atom stereocenters. The van der Waals surface area contributed by atoms with Gasteiger partial charge in [0.2, 0.25) is 0 Å². The predicted molar refractivity (Wildman–Crippen MR) is 66.1 cm³/mol.